The average Bonchev–Trinajstić information content (AvgIpc) is 2.59. The van der Waals surface area contributed by atoms with Crippen LogP contribution in [-0.4, -0.2) is 53.6 Å². The monoisotopic (exact) mass is 464 g/mol. The Balaban J connectivity index is 0.00000288. The van der Waals surface area contributed by atoms with Crippen LogP contribution in [0.3, 0.4) is 0 Å². The van der Waals surface area contributed by atoms with Gasteiger partial charge in [0.05, 0.1) is 13.7 Å². The van der Waals surface area contributed by atoms with Gasteiger partial charge in [0.25, 0.3) is 0 Å². The molecule has 5 nitrogen and oxygen atoms in total. The molecule has 1 aliphatic heterocycles. The van der Waals surface area contributed by atoms with Gasteiger partial charge in [0, 0.05) is 42.9 Å². The van der Waals surface area contributed by atoms with Crippen molar-refractivity contribution in [2.24, 2.45) is 10.9 Å². The van der Waals surface area contributed by atoms with E-state index in [-0.39, 0.29) is 24.0 Å². The molecule has 0 spiro atoms. The third-order valence-corrected chi connectivity index (χ3v) is 5.43. The van der Waals surface area contributed by atoms with Crippen molar-refractivity contribution in [3.63, 3.8) is 0 Å². The summed E-state index contributed by atoms with van der Waals surface area (Å²) in [5.41, 5.74) is 1.11. The third kappa shape index (κ3) is 6.31. The summed E-state index contributed by atoms with van der Waals surface area (Å²) in [7, 11) is 1.64. The maximum atomic E-state index is 5.18. The molecule has 1 aromatic heterocycles. The lowest BCUT2D eigenvalue weighted by molar-refractivity contribution is 0.380. The molecule has 0 aromatic carbocycles. The van der Waals surface area contributed by atoms with E-state index >= 15 is 0 Å². The SMILES string of the molecule is CCNC(=NCc1ccnc(OC)c1)N1CCSC(C(C)C)C1.I. The molecular formula is C17H29IN4OS. The number of ether oxygens (including phenoxy) is 1. The molecule has 7 heteroatoms. The Morgan fingerprint density at radius 2 is 2.33 bits per heavy atom. The smallest absolute Gasteiger partial charge is 0.213 e. The first kappa shape index (κ1) is 21.3. The summed E-state index contributed by atoms with van der Waals surface area (Å²) >= 11 is 2.08. The summed E-state index contributed by atoms with van der Waals surface area (Å²) in [4.78, 5) is 11.3. The van der Waals surface area contributed by atoms with E-state index in [1.807, 2.05) is 12.1 Å². The third-order valence-electron chi connectivity index (χ3n) is 3.89. The number of aromatic nitrogens is 1. The van der Waals surface area contributed by atoms with Crippen LogP contribution in [0, 0.1) is 5.92 Å². The number of halogens is 1. The zero-order chi connectivity index (χ0) is 16.7. The van der Waals surface area contributed by atoms with E-state index in [0.717, 1.165) is 36.9 Å². The molecule has 24 heavy (non-hydrogen) atoms. The summed E-state index contributed by atoms with van der Waals surface area (Å²) in [6, 6.07) is 3.93. The van der Waals surface area contributed by atoms with Crippen molar-refractivity contribution in [2.45, 2.75) is 32.6 Å². The van der Waals surface area contributed by atoms with Crippen LogP contribution in [0.5, 0.6) is 5.88 Å². The van der Waals surface area contributed by atoms with Gasteiger partial charge in [-0.2, -0.15) is 11.8 Å². The standard InChI is InChI=1S/C17H28N4OS.HI/c1-5-18-17(21-8-9-23-15(12-21)13(2)3)20-11-14-6-7-19-16(10-14)22-4;/h6-7,10,13,15H,5,8-9,11-12H2,1-4H3,(H,18,20);1H. The summed E-state index contributed by atoms with van der Waals surface area (Å²) < 4.78 is 5.18. The second kappa shape index (κ2) is 11.0. The second-order valence-electron chi connectivity index (χ2n) is 5.98. The lowest BCUT2D eigenvalue weighted by atomic mass is 10.1. The highest BCUT2D eigenvalue weighted by Crippen LogP contribution is 2.25. The second-order valence-corrected chi connectivity index (χ2v) is 7.32. The molecule has 0 aliphatic carbocycles. The molecule has 0 radical (unpaired) electrons. The average molecular weight is 464 g/mol. The van der Waals surface area contributed by atoms with E-state index in [2.05, 4.69) is 47.7 Å². The molecule has 1 saturated heterocycles. The van der Waals surface area contributed by atoms with Crippen molar-refractivity contribution in [3.8, 4) is 5.88 Å². The van der Waals surface area contributed by atoms with Crippen molar-refractivity contribution < 1.29 is 4.74 Å². The Hall–Kier alpha value is -0.700. The Morgan fingerprint density at radius 3 is 3.00 bits per heavy atom. The van der Waals surface area contributed by atoms with Crippen LogP contribution in [0.1, 0.15) is 26.3 Å². The normalized spacial score (nSPS) is 18.3. The summed E-state index contributed by atoms with van der Waals surface area (Å²) in [6.07, 6.45) is 1.77. The van der Waals surface area contributed by atoms with Gasteiger partial charge in [0.1, 0.15) is 0 Å². The van der Waals surface area contributed by atoms with Gasteiger partial charge >= 0.3 is 0 Å². The number of hydrogen-bond acceptors (Lipinski definition) is 4. The van der Waals surface area contributed by atoms with Crippen molar-refractivity contribution >= 4 is 41.7 Å². The topological polar surface area (TPSA) is 49.8 Å². The minimum Gasteiger partial charge on any atom is -0.481 e. The molecule has 0 saturated carbocycles. The molecule has 1 unspecified atom stereocenters. The van der Waals surface area contributed by atoms with Crippen LogP contribution in [0.4, 0.5) is 0 Å². The summed E-state index contributed by atoms with van der Waals surface area (Å²) in [5, 5.41) is 4.11. The van der Waals surface area contributed by atoms with E-state index in [4.69, 9.17) is 9.73 Å². The van der Waals surface area contributed by atoms with Crippen molar-refractivity contribution in [1.29, 1.82) is 0 Å². The molecule has 2 heterocycles. The van der Waals surface area contributed by atoms with Gasteiger partial charge < -0.3 is 15.0 Å². The number of aliphatic imine (C=N–C) groups is 1. The van der Waals surface area contributed by atoms with E-state index in [1.54, 1.807) is 13.3 Å². The van der Waals surface area contributed by atoms with Crippen LogP contribution in [-0.2, 0) is 6.54 Å². The maximum absolute atomic E-state index is 5.18. The number of guanidine groups is 1. The minimum absolute atomic E-state index is 0. The van der Waals surface area contributed by atoms with Crippen LogP contribution >= 0.6 is 35.7 Å². The molecule has 1 N–H and O–H groups in total. The van der Waals surface area contributed by atoms with Crippen LogP contribution < -0.4 is 10.1 Å². The summed E-state index contributed by atoms with van der Waals surface area (Å²) in [6.45, 7) is 10.4. The highest BCUT2D eigenvalue weighted by atomic mass is 127. The highest BCUT2D eigenvalue weighted by Gasteiger charge is 2.24. The molecule has 136 valence electrons. The van der Waals surface area contributed by atoms with Crippen molar-refractivity contribution in [3.05, 3.63) is 23.9 Å². The zero-order valence-electron chi connectivity index (χ0n) is 15.0. The molecule has 1 fully saturated rings. The fourth-order valence-electron chi connectivity index (χ4n) is 2.52. The maximum Gasteiger partial charge on any atom is 0.213 e. The first-order valence-electron chi connectivity index (χ1n) is 8.27. The quantitative estimate of drug-likeness (QED) is 0.412. The number of nitrogens with one attached hydrogen (secondary N) is 1. The lowest BCUT2D eigenvalue weighted by Gasteiger charge is -2.36. The molecule has 2 rings (SSSR count). The van der Waals surface area contributed by atoms with Gasteiger partial charge in [-0.25, -0.2) is 9.98 Å². The molecule has 1 aliphatic rings. The molecule has 1 atom stereocenters. The van der Waals surface area contributed by atoms with E-state index in [0.29, 0.717) is 23.6 Å². The number of hydrogen-bond donors (Lipinski definition) is 1. The van der Waals surface area contributed by atoms with E-state index < -0.39 is 0 Å². The largest absolute Gasteiger partial charge is 0.481 e. The fraction of sp³-hybridized carbons (Fsp3) is 0.647. The molecular weight excluding hydrogens is 435 g/mol. The number of methoxy groups -OCH3 is 1. The van der Waals surface area contributed by atoms with Gasteiger partial charge in [0.15, 0.2) is 5.96 Å². The minimum atomic E-state index is 0. The van der Waals surface area contributed by atoms with Gasteiger partial charge in [-0.05, 0) is 24.5 Å². The van der Waals surface area contributed by atoms with Gasteiger partial charge in [0.2, 0.25) is 5.88 Å². The van der Waals surface area contributed by atoms with Gasteiger partial charge in [-0.1, -0.05) is 13.8 Å². The van der Waals surface area contributed by atoms with E-state index in [1.165, 1.54) is 0 Å². The van der Waals surface area contributed by atoms with Gasteiger partial charge in [-0.15, -0.1) is 24.0 Å². The van der Waals surface area contributed by atoms with Crippen LogP contribution in [0.15, 0.2) is 23.3 Å². The lowest BCUT2D eigenvalue weighted by Crippen LogP contribution is -2.49. The number of pyridine rings is 1. The number of rotatable bonds is 5. The molecule has 0 amide bonds. The Labute approximate surface area is 167 Å². The van der Waals surface area contributed by atoms with Crippen LogP contribution in [0.2, 0.25) is 0 Å². The fourth-order valence-corrected chi connectivity index (χ4v) is 3.82. The molecule has 1 aromatic rings. The first-order chi connectivity index (χ1) is 11.1. The molecule has 0 bridgehead atoms. The van der Waals surface area contributed by atoms with Gasteiger partial charge in [-0.3, -0.25) is 0 Å². The van der Waals surface area contributed by atoms with E-state index in [9.17, 15) is 0 Å². The summed E-state index contributed by atoms with van der Waals surface area (Å²) in [5.74, 6) is 3.50. The van der Waals surface area contributed by atoms with Crippen molar-refractivity contribution in [2.75, 3.05) is 32.5 Å². The predicted molar refractivity (Wildman–Crippen MR) is 114 cm³/mol. The Bertz CT molecular complexity index is 527. The first-order valence-corrected chi connectivity index (χ1v) is 9.32. The predicted octanol–water partition coefficient (Wildman–Crippen LogP) is 3.25. The number of thioether (sulfide) groups is 1. The Morgan fingerprint density at radius 1 is 1.54 bits per heavy atom. The Kier molecular flexibility index (Phi) is 9.80. The zero-order valence-corrected chi connectivity index (χ0v) is 18.1. The highest BCUT2D eigenvalue weighted by molar-refractivity contribution is 14.0. The number of nitrogens with zero attached hydrogens (tertiary/aromatic N) is 3. The van der Waals surface area contributed by atoms with Crippen LogP contribution in [0.25, 0.3) is 0 Å². The van der Waals surface area contributed by atoms with Crippen molar-refractivity contribution in [1.82, 2.24) is 15.2 Å².